The van der Waals surface area contributed by atoms with Crippen LogP contribution in [0.3, 0.4) is 0 Å². The number of alkyl halides is 3. The highest BCUT2D eigenvalue weighted by atomic mass is 19.4. The van der Waals surface area contributed by atoms with E-state index in [0.29, 0.717) is 43.9 Å². The van der Waals surface area contributed by atoms with Crippen molar-refractivity contribution in [2.24, 2.45) is 0 Å². The third-order valence-electron chi connectivity index (χ3n) is 6.14. The smallest absolute Gasteiger partial charge is 0.416 e. The Hall–Kier alpha value is -3.69. The topological polar surface area (TPSA) is 58.6 Å². The van der Waals surface area contributed by atoms with Crippen LogP contribution < -0.4 is 4.90 Å². The lowest BCUT2D eigenvalue weighted by atomic mass is 10.0. The predicted octanol–water partition coefficient (Wildman–Crippen LogP) is 8.61. The second-order valence-electron chi connectivity index (χ2n) is 8.80. The van der Waals surface area contributed by atoms with Crippen LogP contribution in [0.2, 0.25) is 0 Å². The van der Waals surface area contributed by atoms with Gasteiger partial charge in [0.25, 0.3) is 0 Å². The lowest BCUT2D eigenvalue weighted by molar-refractivity contribution is -0.137. The second kappa shape index (κ2) is 17.3. The van der Waals surface area contributed by atoms with Crippen molar-refractivity contribution >= 4 is 28.3 Å². The molecule has 42 heavy (non-hydrogen) atoms. The van der Waals surface area contributed by atoms with Crippen molar-refractivity contribution in [2.75, 3.05) is 32.1 Å². The Morgan fingerprint density at radius 1 is 0.952 bits per heavy atom. The van der Waals surface area contributed by atoms with Gasteiger partial charge in [-0.3, -0.25) is 0 Å². The summed E-state index contributed by atoms with van der Waals surface area (Å²) in [6, 6.07) is 9.58. The van der Waals surface area contributed by atoms with E-state index in [2.05, 4.69) is 15.1 Å². The van der Waals surface area contributed by atoms with E-state index in [0.717, 1.165) is 28.2 Å². The van der Waals surface area contributed by atoms with Crippen molar-refractivity contribution in [3.05, 3.63) is 71.2 Å². The minimum absolute atomic E-state index is 0.351. The first-order valence-electron chi connectivity index (χ1n) is 14.5. The molecule has 232 valence electrons. The Labute approximate surface area is 247 Å². The number of esters is 1. The van der Waals surface area contributed by atoms with E-state index in [1.54, 1.807) is 0 Å². The molecular weight excluding hydrogens is 548 g/mol. The number of allylic oxidation sites excluding steroid dienone is 1. The molecule has 0 aliphatic carbocycles. The Kier molecular flexibility index (Phi) is 15.0. The molecular formula is C32H44F4N4O2. The fraction of sp³-hybridized carbons (Fsp3) is 0.469. The summed E-state index contributed by atoms with van der Waals surface area (Å²) in [7, 11) is 3.89. The molecule has 1 aliphatic rings. The average molecular weight is 593 g/mol. The van der Waals surface area contributed by atoms with Crippen LogP contribution >= 0.6 is 0 Å². The zero-order chi connectivity index (χ0) is 32.0. The maximum atomic E-state index is 13.7. The highest BCUT2D eigenvalue weighted by Gasteiger charge is 2.33. The largest absolute Gasteiger partial charge is 0.459 e. The molecule has 4 rings (SSSR count). The molecule has 0 spiro atoms. The molecule has 2 aromatic carbocycles. The molecule has 1 aromatic heterocycles. The summed E-state index contributed by atoms with van der Waals surface area (Å²) < 4.78 is 58.0. The summed E-state index contributed by atoms with van der Waals surface area (Å²) >= 11 is 0. The molecule has 0 unspecified atom stereocenters. The number of rotatable bonds is 5. The maximum Gasteiger partial charge on any atom is 0.416 e. The summed E-state index contributed by atoms with van der Waals surface area (Å²) in [5, 5.41) is 10.9. The second-order valence-corrected chi connectivity index (χ2v) is 8.80. The van der Waals surface area contributed by atoms with Gasteiger partial charge in [-0.1, -0.05) is 71.9 Å². The number of fused-ring (bicyclic) bond motifs is 1. The number of hydrogen-bond acceptors (Lipinski definition) is 6. The summed E-state index contributed by atoms with van der Waals surface area (Å²) in [6.45, 7) is 15.0. The predicted molar refractivity (Wildman–Crippen MR) is 163 cm³/mol. The minimum atomic E-state index is -4.76. The van der Waals surface area contributed by atoms with Crippen LogP contribution in [0, 0.1) is 5.82 Å². The Balaban J connectivity index is 0.00000138. The van der Waals surface area contributed by atoms with Gasteiger partial charge in [0, 0.05) is 50.8 Å². The zero-order valence-corrected chi connectivity index (χ0v) is 26.1. The molecule has 1 saturated heterocycles. The third-order valence-corrected chi connectivity index (χ3v) is 6.14. The van der Waals surface area contributed by atoms with Gasteiger partial charge in [-0.2, -0.15) is 13.2 Å². The summed E-state index contributed by atoms with van der Waals surface area (Å²) in [6.07, 6.45) is -2.40. The van der Waals surface area contributed by atoms with Crippen LogP contribution in [0.15, 0.2) is 48.5 Å². The molecule has 0 radical (unpaired) electrons. The van der Waals surface area contributed by atoms with Gasteiger partial charge < -0.3 is 14.5 Å². The van der Waals surface area contributed by atoms with E-state index in [-0.39, 0.29) is 0 Å². The Bertz CT molecular complexity index is 1300. The molecule has 0 amide bonds. The normalized spacial score (nSPS) is 13.5. The van der Waals surface area contributed by atoms with Gasteiger partial charge in [0.2, 0.25) is 0 Å². The highest BCUT2D eigenvalue weighted by molar-refractivity contribution is 5.98. The molecule has 1 aliphatic heterocycles. The molecule has 6 nitrogen and oxygen atoms in total. The average Bonchev–Trinajstić information content (AvgIpc) is 3.00. The minimum Gasteiger partial charge on any atom is -0.459 e. The molecule has 0 bridgehead atoms. The number of anilines is 1. The monoisotopic (exact) mass is 592 g/mol. The molecule has 2 heterocycles. The van der Waals surface area contributed by atoms with Crippen LogP contribution in [0.5, 0.6) is 0 Å². The molecule has 0 saturated carbocycles. The standard InChI is InChI=1S/C26H26F4N4O2.3C2H6/c1-4-22(33(2)3)23-20-7-5-6-8-21(20)24(32-31-23)34-11-9-19(10-12-34)36-25(35)16-13-17(26(28,29)30)15-18(27)14-16;3*1-2/h4-8,13-15,19H,9-12H2,1-3H3;3*1-2H3/b22-4-;;;. The first-order valence-corrected chi connectivity index (χ1v) is 14.5. The van der Waals surface area contributed by atoms with Crippen LogP contribution in [-0.4, -0.2) is 54.4 Å². The SMILES string of the molecule is C/C=C(/c1nnc(N2CCC(OC(=O)c3cc(F)cc(C(F)(F)F)c3)CC2)c2ccccc12)N(C)C.CC.CC.CC. The molecule has 1 fully saturated rings. The lowest BCUT2D eigenvalue weighted by Gasteiger charge is -2.33. The van der Waals surface area contributed by atoms with Crippen molar-refractivity contribution in [3.8, 4) is 0 Å². The van der Waals surface area contributed by atoms with Crippen LogP contribution in [0.4, 0.5) is 23.4 Å². The van der Waals surface area contributed by atoms with Gasteiger partial charge in [-0.05, 0) is 25.1 Å². The highest BCUT2D eigenvalue weighted by Crippen LogP contribution is 2.33. The zero-order valence-electron chi connectivity index (χ0n) is 26.1. The van der Waals surface area contributed by atoms with Gasteiger partial charge in [0.05, 0.1) is 16.8 Å². The van der Waals surface area contributed by atoms with E-state index in [4.69, 9.17) is 4.74 Å². The van der Waals surface area contributed by atoms with Gasteiger partial charge in [-0.25, -0.2) is 9.18 Å². The maximum absolute atomic E-state index is 13.7. The van der Waals surface area contributed by atoms with E-state index in [9.17, 15) is 22.4 Å². The van der Waals surface area contributed by atoms with Crippen molar-refractivity contribution in [1.82, 2.24) is 15.1 Å². The number of piperidine rings is 1. The van der Waals surface area contributed by atoms with Crippen LogP contribution in [-0.2, 0) is 10.9 Å². The van der Waals surface area contributed by atoms with Gasteiger partial charge in [-0.15, -0.1) is 10.2 Å². The molecule has 3 aromatic rings. The number of halogens is 4. The Morgan fingerprint density at radius 2 is 1.52 bits per heavy atom. The fourth-order valence-electron chi connectivity index (χ4n) is 4.40. The van der Waals surface area contributed by atoms with E-state index >= 15 is 0 Å². The summed E-state index contributed by atoms with van der Waals surface area (Å²) in [4.78, 5) is 16.5. The molecule has 0 N–H and O–H groups in total. The lowest BCUT2D eigenvalue weighted by Crippen LogP contribution is -2.38. The summed E-state index contributed by atoms with van der Waals surface area (Å²) in [5.74, 6) is -1.40. The van der Waals surface area contributed by atoms with Crippen LogP contribution in [0.25, 0.3) is 16.5 Å². The number of aromatic nitrogens is 2. The van der Waals surface area contributed by atoms with Crippen molar-refractivity contribution in [2.45, 2.75) is 73.6 Å². The fourth-order valence-corrected chi connectivity index (χ4v) is 4.40. The number of nitrogens with zero attached hydrogens (tertiary/aromatic N) is 4. The van der Waals surface area contributed by atoms with E-state index in [1.165, 1.54) is 0 Å². The third kappa shape index (κ3) is 9.16. The van der Waals surface area contributed by atoms with Crippen molar-refractivity contribution in [1.29, 1.82) is 0 Å². The quantitative estimate of drug-likeness (QED) is 0.218. The van der Waals surface area contributed by atoms with E-state index in [1.807, 2.05) is 97.8 Å². The number of carbonyl (C=O) groups is 1. The number of carbonyl (C=O) groups excluding carboxylic acids is 1. The van der Waals surface area contributed by atoms with Gasteiger partial charge in [0.1, 0.15) is 17.6 Å². The molecule has 0 atom stereocenters. The van der Waals surface area contributed by atoms with Crippen molar-refractivity contribution < 1.29 is 27.1 Å². The van der Waals surface area contributed by atoms with Gasteiger partial charge in [0.15, 0.2) is 5.82 Å². The Morgan fingerprint density at radius 3 is 2.05 bits per heavy atom. The van der Waals surface area contributed by atoms with Crippen LogP contribution in [0.1, 0.15) is 82.9 Å². The summed E-state index contributed by atoms with van der Waals surface area (Å²) in [5.41, 5.74) is 0.0345. The van der Waals surface area contributed by atoms with Crippen molar-refractivity contribution in [3.63, 3.8) is 0 Å². The van der Waals surface area contributed by atoms with Gasteiger partial charge >= 0.3 is 12.1 Å². The number of hydrogen-bond donors (Lipinski definition) is 0. The van der Waals surface area contributed by atoms with E-state index < -0.39 is 35.2 Å². The number of ether oxygens (including phenoxy) is 1. The molecule has 10 heteroatoms. The first kappa shape index (κ1) is 36.3. The number of benzene rings is 2. The first-order chi connectivity index (χ1) is 20.1.